The minimum absolute atomic E-state index is 0.0881. The molecule has 1 saturated carbocycles. The third-order valence-corrected chi connectivity index (χ3v) is 7.59. The second-order valence-corrected chi connectivity index (χ2v) is 9.55. The van der Waals surface area contributed by atoms with Crippen molar-refractivity contribution in [3.8, 4) is 6.07 Å². The van der Waals surface area contributed by atoms with Crippen LogP contribution in [0.2, 0.25) is 0 Å². The number of nitriles is 1. The van der Waals surface area contributed by atoms with Gasteiger partial charge in [-0.25, -0.2) is 0 Å². The summed E-state index contributed by atoms with van der Waals surface area (Å²) in [7, 11) is 0. The van der Waals surface area contributed by atoms with Gasteiger partial charge in [-0.1, -0.05) is 67.8 Å². The highest BCUT2D eigenvalue weighted by molar-refractivity contribution is 8.14. The van der Waals surface area contributed by atoms with Crippen molar-refractivity contribution in [3.05, 3.63) is 81.5 Å². The molecule has 1 fully saturated rings. The van der Waals surface area contributed by atoms with Crippen molar-refractivity contribution in [3.63, 3.8) is 0 Å². The van der Waals surface area contributed by atoms with Gasteiger partial charge in [0, 0.05) is 11.3 Å². The summed E-state index contributed by atoms with van der Waals surface area (Å²) in [6.07, 6.45) is 7.83. The highest BCUT2D eigenvalue weighted by Crippen LogP contribution is 2.39. The zero-order chi connectivity index (χ0) is 22.3. The maximum Gasteiger partial charge on any atom is 0.205 e. The fourth-order valence-electron chi connectivity index (χ4n) is 3.93. The summed E-state index contributed by atoms with van der Waals surface area (Å²) in [6.45, 7) is 0. The monoisotopic (exact) mass is 459 g/mol. The van der Waals surface area contributed by atoms with Crippen molar-refractivity contribution < 1.29 is 4.79 Å². The zero-order valence-corrected chi connectivity index (χ0v) is 19.6. The normalized spacial score (nSPS) is 14.7. The van der Waals surface area contributed by atoms with E-state index >= 15 is 0 Å². The van der Waals surface area contributed by atoms with Gasteiger partial charge in [0.2, 0.25) is 5.78 Å². The van der Waals surface area contributed by atoms with Gasteiger partial charge in [-0.3, -0.25) is 9.79 Å². The number of hydrogen-bond donors (Lipinski definition) is 1. The summed E-state index contributed by atoms with van der Waals surface area (Å²) in [5, 5.41) is 14.3. The Morgan fingerprint density at radius 1 is 1.03 bits per heavy atom. The molecule has 1 aliphatic carbocycles. The fraction of sp³-hybridized carbons (Fsp3) is 0.269. The van der Waals surface area contributed by atoms with Crippen LogP contribution in [0.5, 0.6) is 0 Å². The maximum atomic E-state index is 13.5. The number of carbonyl (C=O) groups is 1. The van der Waals surface area contributed by atoms with Gasteiger partial charge in [-0.2, -0.15) is 5.26 Å². The lowest BCUT2D eigenvalue weighted by atomic mass is 9.96. The molecular formula is C26H25N3OS2. The molecule has 0 bridgehead atoms. The van der Waals surface area contributed by atoms with Crippen molar-refractivity contribution in [2.24, 2.45) is 4.99 Å². The number of para-hydroxylation sites is 1. The minimum Gasteiger partial charge on any atom is -0.353 e. The van der Waals surface area contributed by atoms with E-state index in [2.05, 4.69) is 11.4 Å². The van der Waals surface area contributed by atoms with Gasteiger partial charge >= 0.3 is 0 Å². The topological polar surface area (TPSA) is 65.2 Å². The number of aliphatic imine (C=N–C) groups is 1. The first-order valence-electron chi connectivity index (χ1n) is 10.8. The lowest BCUT2D eigenvalue weighted by Gasteiger charge is -2.18. The highest BCUT2D eigenvalue weighted by Gasteiger charge is 2.27. The summed E-state index contributed by atoms with van der Waals surface area (Å²) in [4.78, 5) is 19.8. The Morgan fingerprint density at radius 2 is 1.69 bits per heavy atom. The van der Waals surface area contributed by atoms with Gasteiger partial charge in [-0.15, -0.1) is 23.1 Å². The molecule has 0 amide bonds. The third kappa shape index (κ3) is 4.95. The van der Waals surface area contributed by atoms with Crippen LogP contribution in [0.1, 0.15) is 57.8 Å². The molecule has 1 heterocycles. The Labute approximate surface area is 197 Å². The van der Waals surface area contributed by atoms with E-state index in [9.17, 15) is 10.1 Å². The smallest absolute Gasteiger partial charge is 0.205 e. The predicted octanol–water partition coefficient (Wildman–Crippen LogP) is 7.04. The molecular weight excluding hydrogens is 434 g/mol. The number of nitrogens with zero attached hydrogens (tertiary/aromatic N) is 2. The van der Waals surface area contributed by atoms with Gasteiger partial charge in [-0.05, 0) is 31.2 Å². The highest BCUT2D eigenvalue weighted by atomic mass is 32.2. The zero-order valence-electron chi connectivity index (χ0n) is 18.0. The molecule has 0 atom stereocenters. The molecule has 2 aromatic carbocycles. The first kappa shape index (κ1) is 22.3. The van der Waals surface area contributed by atoms with E-state index in [0.717, 1.165) is 28.4 Å². The van der Waals surface area contributed by atoms with E-state index in [0.29, 0.717) is 27.7 Å². The van der Waals surface area contributed by atoms with Crippen molar-refractivity contribution >= 4 is 45.3 Å². The number of anilines is 2. The van der Waals surface area contributed by atoms with Crippen LogP contribution >= 0.6 is 23.1 Å². The second kappa shape index (κ2) is 10.6. The average Bonchev–Trinajstić information content (AvgIpc) is 3.21. The average molecular weight is 460 g/mol. The number of ketones is 1. The van der Waals surface area contributed by atoms with Gasteiger partial charge in [0.05, 0.1) is 22.2 Å². The van der Waals surface area contributed by atoms with Crippen LogP contribution in [0.25, 0.3) is 0 Å². The Balaban J connectivity index is 1.82. The number of carbonyl (C=O) groups excluding carboxylic acids is 1. The number of benzene rings is 2. The van der Waals surface area contributed by atoms with Crippen LogP contribution in [0.3, 0.4) is 0 Å². The summed E-state index contributed by atoms with van der Waals surface area (Å²) < 4.78 is 0. The molecule has 0 saturated heterocycles. The predicted molar refractivity (Wildman–Crippen MR) is 136 cm³/mol. The SMILES string of the molecule is CSC(=NC1CCCCC1)c1sc(C(=O)c2ccccc2)c(Nc2ccccc2)c1C#N. The Morgan fingerprint density at radius 3 is 2.31 bits per heavy atom. The van der Waals surface area contributed by atoms with Gasteiger partial charge < -0.3 is 5.32 Å². The molecule has 32 heavy (non-hydrogen) atoms. The molecule has 4 nitrogen and oxygen atoms in total. The quantitative estimate of drug-likeness (QED) is 0.244. The van der Waals surface area contributed by atoms with Crippen LogP contribution in [0, 0.1) is 11.3 Å². The maximum absolute atomic E-state index is 13.5. The third-order valence-electron chi connectivity index (χ3n) is 5.57. The van der Waals surface area contributed by atoms with E-state index < -0.39 is 0 Å². The van der Waals surface area contributed by atoms with Crippen molar-refractivity contribution in [2.75, 3.05) is 11.6 Å². The Kier molecular flexibility index (Phi) is 7.41. The summed E-state index contributed by atoms with van der Waals surface area (Å²) in [5.41, 5.74) is 2.50. The van der Waals surface area contributed by atoms with E-state index in [4.69, 9.17) is 4.99 Å². The molecule has 4 rings (SSSR count). The summed E-state index contributed by atoms with van der Waals surface area (Å²) in [5.74, 6) is -0.0881. The molecule has 1 aromatic heterocycles. The molecule has 1 N–H and O–H groups in total. The van der Waals surface area contributed by atoms with Gasteiger partial charge in [0.1, 0.15) is 16.0 Å². The number of thioether (sulfide) groups is 1. The van der Waals surface area contributed by atoms with Crippen LogP contribution in [-0.4, -0.2) is 23.1 Å². The largest absolute Gasteiger partial charge is 0.353 e. The number of hydrogen-bond acceptors (Lipinski definition) is 6. The number of nitrogens with one attached hydrogen (secondary N) is 1. The van der Waals surface area contributed by atoms with Crippen molar-refractivity contribution in [2.45, 2.75) is 38.1 Å². The summed E-state index contributed by atoms with van der Waals surface area (Å²) >= 11 is 2.92. The first-order chi connectivity index (χ1) is 15.7. The van der Waals surface area contributed by atoms with Crippen LogP contribution in [-0.2, 0) is 0 Å². The molecule has 6 heteroatoms. The van der Waals surface area contributed by atoms with E-state index in [1.807, 2.05) is 66.9 Å². The minimum atomic E-state index is -0.0881. The van der Waals surface area contributed by atoms with Gasteiger partial charge in [0.15, 0.2) is 0 Å². The van der Waals surface area contributed by atoms with Gasteiger partial charge in [0.25, 0.3) is 0 Å². The van der Waals surface area contributed by atoms with E-state index in [-0.39, 0.29) is 5.78 Å². The van der Waals surface area contributed by atoms with Crippen molar-refractivity contribution in [1.82, 2.24) is 0 Å². The number of rotatable bonds is 6. The standard InChI is InChI=1S/C26H25N3OS2/c1-31-26(29-20-15-9-4-10-16-20)24-21(17-27)22(28-19-13-7-3-8-14-19)25(32-24)23(30)18-11-5-2-6-12-18/h2-3,5-8,11-14,20,28H,4,9-10,15-16H2,1H3. The molecule has 0 unspecified atom stereocenters. The van der Waals surface area contributed by atoms with E-state index in [1.165, 1.54) is 30.6 Å². The molecule has 162 valence electrons. The summed E-state index contributed by atoms with van der Waals surface area (Å²) in [6, 6.07) is 21.5. The van der Waals surface area contributed by atoms with E-state index in [1.54, 1.807) is 11.8 Å². The first-order valence-corrected chi connectivity index (χ1v) is 12.9. The van der Waals surface area contributed by atoms with Crippen LogP contribution < -0.4 is 5.32 Å². The molecule has 0 spiro atoms. The van der Waals surface area contributed by atoms with Crippen molar-refractivity contribution in [1.29, 1.82) is 5.26 Å². The lowest BCUT2D eigenvalue weighted by Crippen LogP contribution is -2.12. The molecule has 3 aromatic rings. The Bertz CT molecular complexity index is 1140. The second-order valence-electron chi connectivity index (χ2n) is 7.74. The molecule has 0 aliphatic heterocycles. The van der Waals surface area contributed by atoms with Crippen LogP contribution in [0.15, 0.2) is 65.7 Å². The fourth-order valence-corrected chi connectivity index (χ4v) is 5.91. The lowest BCUT2D eigenvalue weighted by molar-refractivity contribution is 0.104. The molecule has 1 aliphatic rings. The Hall–Kier alpha value is -2.88. The van der Waals surface area contributed by atoms with Crippen LogP contribution in [0.4, 0.5) is 11.4 Å². The molecule has 0 radical (unpaired) electrons. The number of thiophene rings is 1.